The highest BCUT2D eigenvalue weighted by atomic mass is 19.2. The summed E-state index contributed by atoms with van der Waals surface area (Å²) in [6.45, 7) is 1.72. The number of ether oxygens (including phenoxy) is 2. The second kappa shape index (κ2) is 12.4. The number of nitrogens with zero attached hydrogens (tertiary/aromatic N) is 3. The van der Waals surface area contributed by atoms with Crippen LogP contribution in [0.4, 0.5) is 23.2 Å². The van der Waals surface area contributed by atoms with Crippen LogP contribution in [0.2, 0.25) is 0 Å². The van der Waals surface area contributed by atoms with Crippen molar-refractivity contribution in [2.24, 2.45) is 5.41 Å². The molecule has 1 saturated heterocycles. The molecular weight excluding hydrogens is 514 g/mol. The van der Waals surface area contributed by atoms with E-state index in [4.69, 9.17) is 9.47 Å². The first-order valence-electron chi connectivity index (χ1n) is 13.0. The molecule has 1 aromatic heterocycles. The van der Waals surface area contributed by atoms with Crippen LogP contribution in [0.5, 0.6) is 11.5 Å². The molecule has 0 saturated carbocycles. The molecule has 1 aliphatic heterocycles. The molecule has 1 aliphatic rings. The summed E-state index contributed by atoms with van der Waals surface area (Å²) in [5, 5.41) is 11.0. The van der Waals surface area contributed by atoms with Gasteiger partial charge >= 0.3 is 0 Å². The average Bonchev–Trinajstić information content (AvgIpc) is 2.94. The van der Waals surface area contributed by atoms with Crippen LogP contribution in [0.3, 0.4) is 0 Å². The smallest absolute Gasteiger partial charge is 0.200 e. The zero-order valence-electron chi connectivity index (χ0n) is 22.5. The zero-order chi connectivity index (χ0) is 28.2. The van der Waals surface area contributed by atoms with Crippen molar-refractivity contribution in [3.05, 3.63) is 59.5 Å². The van der Waals surface area contributed by atoms with Gasteiger partial charge in [-0.25, -0.2) is 13.2 Å². The Morgan fingerprint density at radius 1 is 1.13 bits per heavy atom. The SMILES string of the molecule is COc1ccc2ncc(N(C)C)c(C(F)CCC3(CO)CCN(CCOc4cc(F)cc(F)c4F)CC3)c2c1. The van der Waals surface area contributed by atoms with Gasteiger partial charge < -0.3 is 19.5 Å². The molecule has 2 heterocycles. The summed E-state index contributed by atoms with van der Waals surface area (Å²) in [5.41, 5.74) is 1.53. The van der Waals surface area contributed by atoms with Crippen molar-refractivity contribution in [3.8, 4) is 11.5 Å². The minimum atomic E-state index is -1.29. The van der Waals surface area contributed by atoms with Crippen LogP contribution in [-0.2, 0) is 0 Å². The molecule has 0 amide bonds. The first-order chi connectivity index (χ1) is 18.7. The molecule has 1 fully saturated rings. The molecule has 1 unspecified atom stereocenters. The highest BCUT2D eigenvalue weighted by Crippen LogP contribution is 2.42. The highest BCUT2D eigenvalue weighted by molar-refractivity contribution is 5.88. The fourth-order valence-electron chi connectivity index (χ4n) is 5.23. The lowest BCUT2D eigenvalue weighted by molar-refractivity contribution is 0.0264. The lowest BCUT2D eigenvalue weighted by Gasteiger charge is -2.41. The number of likely N-dealkylation sites (tertiary alicyclic amines) is 1. The van der Waals surface area contributed by atoms with Gasteiger partial charge in [0.1, 0.15) is 24.3 Å². The number of pyridine rings is 1. The van der Waals surface area contributed by atoms with Gasteiger partial charge in [-0.2, -0.15) is 4.39 Å². The predicted molar refractivity (Wildman–Crippen MR) is 143 cm³/mol. The number of aliphatic hydroxyl groups is 1. The molecular formula is C29H35F4N3O3. The normalized spacial score (nSPS) is 16.3. The van der Waals surface area contributed by atoms with Crippen molar-refractivity contribution in [1.29, 1.82) is 0 Å². The molecule has 212 valence electrons. The second-order valence-electron chi connectivity index (χ2n) is 10.4. The van der Waals surface area contributed by atoms with Crippen molar-refractivity contribution in [2.45, 2.75) is 31.9 Å². The topological polar surface area (TPSA) is 58.1 Å². The Hall–Kier alpha value is -3.11. The number of benzene rings is 2. The standard InChI is InChI=1S/C29H35F4N3O3/c1-35(2)25-17-34-24-5-4-20(38-3)16-21(24)27(25)22(31)6-7-29(18-37)8-10-36(11-9-29)12-13-39-26-15-19(30)14-23(32)28(26)33/h4-5,14-17,22,37H,6-13,18H2,1-3H3. The number of anilines is 1. The number of methoxy groups -OCH3 is 1. The van der Waals surface area contributed by atoms with Crippen LogP contribution in [0.15, 0.2) is 36.5 Å². The third-order valence-electron chi connectivity index (χ3n) is 7.70. The quantitative estimate of drug-likeness (QED) is 0.246. The number of aromatic nitrogens is 1. The van der Waals surface area contributed by atoms with Crippen LogP contribution in [-0.4, -0.2) is 69.0 Å². The molecule has 1 N–H and O–H groups in total. The van der Waals surface area contributed by atoms with E-state index >= 15 is 4.39 Å². The van der Waals surface area contributed by atoms with Gasteiger partial charge in [-0.3, -0.25) is 9.88 Å². The Labute approximate surface area is 226 Å². The van der Waals surface area contributed by atoms with E-state index in [-0.39, 0.29) is 19.6 Å². The Bertz CT molecular complexity index is 1280. The summed E-state index contributed by atoms with van der Waals surface area (Å²) < 4.78 is 67.2. The van der Waals surface area contributed by atoms with E-state index in [0.717, 1.165) is 6.07 Å². The molecule has 3 aromatic rings. The van der Waals surface area contributed by atoms with Crippen LogP contribution < -0.4 is 14.4 Å². The molecule has 0 radical (unpaired) electrons. The number of halogens is 4. The van der Waals surface area contributed by atoms with Gasteiger partial charge in [-0.15, -0.1) is 0 Å². The molecule has 39 heavy (non-hydrogen) atoms. The molecule has 4 rings (SSSR count). The largest absolute Gasteiger partial charge is 0.497 e. The van der Waals surface area contributed by atoms with Gasteiger partial charge in [0.05, 0.1) is 24.5 Å². The van der Waals surface area contributed by atoms with E-state index in [9.17, 15) is 18.3 Å². The molecule has 2 aromatic carbocycles. The third-order valence-corrected chi connectivity index (χ3v) is 7.70. The van der Waals surface area contributed by atoms with Crippen LogP contribution in [0.1, 0.15) is 37.4 Å². The number of piperidine rings is 1. The lowest BCUT2D eigenvalue weighted by atomic mass is 9.74. The maximum Gasteiger partial charge on any atom is 0.200 e. The molecule has 6 nitrogen and oxygen atoms in total. The Balaban J connectivity index is 1.38. The first-order valence-corrected chi connectivity index (χ1v) is 13.0. The van der Waals surface area contributed by atoms with Gasteiger partial charge in [-0.05, 0) is 62.4 Å². The van der Waals surface area contributed by atoms with E-state index in [0.29, 0.717) is 72.9 Å². The second-order valence-corrected chi connectivity index (χ2v) is 10.4. The minimum Gasteiger partial charge on any atom is -0.497 e. The van der Waals surface area contributed by atoms with E-state index in [1.54, 1.807) is 19.4 Å². The highest BCUT2D eigenvalue weighted by Gasteiger charge is 2.35. The maximum atomic E-state index is 16.0. The Morgan fingerprint density at radius 2 is 1.87 bits per heavy atom. The van der Waals surface area contributed by atoms with Gasteiger partial charge in [0.2, 0.25) is 5.82 Å². The lowest BCUT2D eigenvalue weighted by Crippen LogP contribution is -2.43. The summed E-state index contributed by atoms with van der Waals surface area (Å²) in [4.78, 5) is 8.42. The van der Waals surface area contributed by atoms with Crippen LogP contribution in [0.25, 0.3) is 10.9 Å². The molecule has 0 aliphatic carbocycles. The first kappa shape index (κ1) is 28.9. The maximum absolute atomic E-state index is 16.0. The van der Waals surface area contributed by atoms with Crippen molar-refractivity contribution < 1.29 is 32.1 Å². The summed E-state index contributed by atoms with van der Waals surface area (Å²) in [5.74, 6) is -3.24. The number of rotatable bonds is 11. The average molecular weight is 550 g/mol. The van der Waals surface area contributed by atoms with Gasteiger partial charge in [0.25, 0.3) is 0 Å². The van der Waals surface area contributed by atoms with Gasteiger partial charge in [0.15, 0.2) is 11.6 Å². The fraction of sp³-hybridized carbons (Fsp3) is 0.483. The van der Waals surface area contributed by atoms with Gasteiger partial charge in [0, 0.05) is 50.3 Å². The van der Waals surface area contributed by atoms with E-state index in [1.807, 2.05) is 31.1 Å². The number of alkyl halides is 1. The Morgan fingerprint density at radius 3 is 2.54 bits per heavy atom. The van der Waals surface area contributed by atoms with Crippen LogP contribution >= 0.6 is 0 Å². The van der Waals surface area contributed by atoms with Crippen molar-refractivity contribution in [2.75, 3.05) is 59.0 Å². The fourth-order valence-corrected chi connectivity index (χ4v) is 5.23. The molecule has 0 bridgehead atoms. The number of fused-ring (bicyclic) bond motifs is 1. The van der Waals surface area contributed by atoms with Gasteiger partial charge in [-0.1, -0.05) is 0 Å². The summed E-state index contributed by atoms with van der Waals surface area (Å²) in [6.07, 6.45) is 2.48. The number of hydrogen-bond acceptors (Lipinski definition) is 6. The van der Waals surface area contributed by atoms with Crippen molar-refractivity contribution in [1.82, 2.24) is 9.88 Å². The third kappa shape index (κ3) is 6.55. The minimum absolute atomic E-state index is 0.0523. The molecule has 1 atom stereocenters. The number of aliphatic hydroxyl groups excluding tert-OH is 1. The summed E-state index contributed by atoms with van der Waals surface area (Å²) in [7, 11) is 5.28. The monoisotopic (exact) mass is 549 g/mol. The molecule has 0 spiro atoms. The van der Waals surface area contributed by atoms with E-state index in [2.05, 4.69) is 9.88 Å². The van der Waals surface area contributed by atoms with E-state index in [1.165, 1.54) is 0 Å². The zero-order valence-corrected chi connectivity index (χ0v) is 22.5. The van der Waals surface area contributed by atoms with Crippen LogP contribution in [0, 0.1) is 22.9 Å². The van der Waals surface area contributed by atoms with Crippen molar-refractivity contribution in [3.63, 3.8) is 0 Å². The number of hydrogen-bond donors (Lipinski definition) is 1. The summed E-state index contributed by atoms with van der Waals surface area (Å²) in [6, 6.07) is 6.72. The summed E-state index contributed by atoms with van der Waals surface area (Å²) >= 11 is 0. The predicted octanol–water partition coefficient (Wildman–Crippen LogP) is 5.67. The Kier molecular flexibility index (Phi) is 9.17. The van der Waals surface area contributed by atoms with E-state index < -0.39 is 34.8 Å². The van der Waals surface area contributed by atoms with Crippen molar-refractivity contribution >= 4 is 16.6 Å². The molecule has 10 heteroatoms.